The molecule has 0 saturated carbocycles. The molecular weight excluding hydrogens is 373 g/mol. The minimum absolute atomic E-state index is 0.0615. The lowest BCUT2D eigenvalue weighted by atomic mass is 10.0. The summed E-state index contributed by atoms with van der Waals surface area (Å²) in [6, 6.07) is 16.2. The molecule has 0 spiro atoms. The summed E-state index contributed by atoms with van der Waals surface area (Å²) in [4.78, 5) is 21.2. The number of thiazole rings is 1. The third-order valence-electron chi connectivity index (χ3n) is 4.44. The fourth-order valence-electron chi connectivity index (χ4n) is 3.01. The number of aromatic nitrogens is 1. The molecule has 3 aromatic rings. The van der Waals surface area contributed by atoms with Gasteiger partial charge in [0, 0.05) is 23.7 Å². The first-order chi connectivity index (χ1) is 13.7. The molecule has 4 nitrogen and oxygen atoms in total. The Bertz CT molecular complexity index is 1040. The van der Waals surface area contributed by atoms with Crippen LogP contribution in [-0.4, -0.2) is 23.7 Å². The number of nitrogens with zero attached hydrogens (tertiary/aromatic N) is 2. The predicted molar refractivity (Wildman–Crippen MR) is 111 cm³/mol. The van der Waals surface area contributed by atoms with Gasteiger partial charge in [-0.2, -0.15) is 0 Å². The molecular formula is C22H18FN3OS. The Morgan fingerprint density at radius 2 is 1.89 bits per heavy atom. The van der Waals surface area contributed by atoms with Crippen molar-refractivity contribution in [1.29, 1.82) is 0 Å². The SMILES string of the molecule is O=C(Cc1csc(C2=C(c3ccc(F)cc3)CN=C2)n1)NCc1ccccc1. The summed E-state index contributed by atoms with van der Waals surface area (Å²) in [5, 5.41) is 5.65. The van der Waals surface area contributed by atoms with Crippen LogP contribution in [0.2, 0.25) is 0 Å². The van der Waals surface area contributed by atoms with Gasteiger partial charge in [-0.15, -0.1) is 11.3 Å². The van der Waals surface area contributed by atoms with Crippen molar-refractivity contribution < 1.29 is 9.18 Å². The summed E-state index contributed by atoms with van der Waals surface area (Å²) in [7, 11) is 0. The number of allylic oxidation sites excluding steroid dienone is 1. The molecule has 28 heavy (non-hydrogen) atoms. The number of carbonyl (C=O) groups excluding carboxylic acids is 1. The minimum atomic E-state index is -0.261. The Morgan fingerprint density at radius 1 is 1.11 bits per heavy atom. The number of hydrogen-bond donors (Lipinski definition) is 1. The second kappa shape index (κ2) is 8.27. The van der Waals surface area contributed by atoms with Crippen molar-refractivity contribution in [3.05, 3.63) is 87.6 Å². The fourth-order valence-corrected chi connectivity index (χ4v) is 3.87. The molecule has 1 N–H and O–H groups in total. The first kappa shape index (κ1) is 18.3. The molecule has 1 aliphatic rings. The zero-order valence-corrected chi connectivity index (χ0v) is 15.9. The van der Waals surface area contributed by atoms with E-state index < -0.39 is 0 Å². The Kier molecular flexibility index (Phi) is 5.39. The first-order valence-electron chi connectivity index (χ1n) is 8.93. The summed E-state index contributed by atoms with van der Waals surface area (Å²) >= 11 is 1.49. The molecule has 0 bridgehead atoms. The molecule has 1 amide bonds. The van der Waals surface area contributed by atoms with E-state index in [-0.39, 0.29) is 18.1 Å². The van der Waals surface area contributed by atoms with Crippen LogP contribution < -0.4 is 5.32 Å². The molecule has 0 saturated heterocycles. The molecule has 2 aromatic carbocycles. The number of hydrogen-bond acceptors (Lipinski definition) is 4. The maximum absolute atomic E-state index is 13.2. The summed E-state index contributed by atoms with van der Waals surface area (Å²) in [6.07, 6.45) is 2.04. The molecule has 0 fully saturated rings. The van der Waals surface area contributed by atoms with Crippen molar-refractivity contribution in [2.75, 3.05) is 6.54 Å². The van der Waals surface area contributed by atoms with Crippen LogP contribution in [-0.2, 0) is 17.8 Å². The lowest BCUT2D eigenvalue weighted by Crippen LogP contribution is -2.24. The molecule has 4 rings (SSSR count). The van der Waals surface area contributed by atoms with Crippen LogP contribution in [0.5, 0.6) is 0 Å². The van der Waals surface area contributed by atoms with E-state index >= 15 is 0 Å². The topological polar surface area (TPSA) is 54.4 Å². The van der Waals surface area contributed by atoms with E-state index in [9.17, 15) is 9.18 Å². The van der Waals surface area contributed by atoms with Gasteiger partial charge in [0.15, 0.2) is 0 Å². The summed E-state index contributed by atoms with van der Waals surface area (Å²) in [5.74, 6) is -0.323. The Morgan fingerprint density at radius 3 is 2.68 bits per heavy atom. The summed E-state index contributed by atoms with van der Waals surface area (Å²) in [6.45, 7) is 1.05. The number of benzene rings is 2. The third kappa shape index (κ3) is 4.23. The lowest BCUT2D eigenvalue weighted by Gasteiger charge is -2.05. The highest BCUT2D eigenvalue weighted by molar-refractivity contribution is 7.11. The summed E-state index contributed by atoms with van der Waals surface area (Å²) < 4.78 is 13.2. The van der Waals surface area contributed by atoms with Gasteiger partial charge in [0.05, 0.1) is 18.7 Å². The van der Waals surface area contributed by atoms with E-state index in [4.69, 9.17) is 0 Å². The van der Waals surface area contributed by atoms with Crippen LogP contribution in [0, 0.1) is 5.82 Å². The molecule has 2 heterocycles. The van der Waals surface area contributed by atoms with Crippen molar-refractivity contribution in [3.8, 4) is 0 Å². The van der Waals surface area contributed by atoms with Crippen molar-refractivity contribution >= 4 is 34.6 Å². The second-order valence-corrected chi connectivity index (χ2v) is 7.31. The predicted octanol–water partition coefficient (Wildman–Crippen LogP) is 4.14. The maximum Gasteiger partial charge on any atom is 0.226 e. The van der Waals surface area contributed by atoms with Gasteiger partial charge in [-0.1, -0.05) is 42.5 Å². The van der Waals surface area contributed by atoms with Crippen LogP contribution in [0.4, 0.5) is 4.39 Å². The number of aliphatic imine (C=N–C) groups is 1. The monoisotopic (exact) mass is 391 g/mol. The van der Waals surface area contributed by atoms with Crippen LogP contribution in [0.15, 0.2) is 65.0 Å². The van der Waals surface area contributed by atoms with Gasteiger partial charge < -0.3 is 5.32 Å². The first-order valence-corrected chi connectivity index (χ1v) is 9.81. The minimum Gasteiger partial charge on any atom is -0.352 e. The van der Waals surface area contributed by atoms with Crippen LogP contribution >= 0.6 is 11.3 Å². The zero-order chi connectivity index (χ0) is 19.3. The number of rotatable bonds is 6. The van der Waals surface area contributed by atoms with Gasteiger partial charge in [0.2, 0.25) is 5.91 Å². The van der Waals surface area contributed by atoms with Crippen molar-refractivity contribution in [1.82, 2.24) is 10.3 Å². The number of carbonyl (C=O) groups is 1. The van der Waals surface area contributed by atoms with E-state index in [2.05, 4.69) is 15.3 Å². The number of amides is 1. The average molecular weight is 391 g/mol. The maximum atomic E-state index is 13.2. The number of nitrogens with one attached hydrogen (secondary N) is 1. The summed E-state index contributed by atoms with van der Waals surface area (Å²) in [5.41, 5.74) is 4.69. The smallest absolute Gasteiger partial charge is 0.226 e. The second-order valence-electron chi connectivity index (χ2n) is 6.45. The Balaban J connectivity index is 1.44. The molecule has 6 heteroatoms. The van der Waals surface area contributed by atoms with Crippen LogP contribution in [0.25, 0.3) is 11.1 Å². The molecule has 0 atom stereocenters. The quantitative estimate of drug-likeness (QED) is 0.687. The van der Waals surface area contributed by atoms with Gasteiger partial charge in [-0.05, 0) is 28.8 Å². The molecule has 1 aliphatic heterocycles. The van der Waals surface area contributed by atoms with Crippen molar-refractivity contribution in [3.63, 3.8) is 0 Å². The van der Waals surface area contributed by atoms with E-state index in [0.717, 1.165) is 33.0 Å². The molecule has 0 unspecified atom stereocenters. The molecule has 140 valence electrons. The number of halogens is 1. The van der Waals surface area contributed by atoms with Crippen molar-refractivity contribution in [2.45, 2.75) is 13.0 Å². The van der Waals surface area contributed by atoms with E-state index in [1.807, 2.05) is 35.7 Å². The molecule has 0 radical (unpaired) electrons. The van der Waals surface area contributed by atoms with Crippen LogP contribution in [0.3, 0.4) is 0 Å². The highest BCUT2D eigenvalue weighted by Gasteiger charge is 2.18. The largest absolute Gasteiger partial charge is 0.352 e. The van der Waals surface area contributed by atoms with E-state index in [1.165, 1.54) is 23.5 Å². The Hall–Kier alpha value is -3.12. The lowest BCUT2D eigenvalue weighted by molar-refractivity contribution is -0.120. The molecule has 0 aliphatic carbocycles. The van der Waals surface area contributed by atoms with Crippen LogP contribution in [0.1, 0.15) is 21.8 Å². The van der Waals surface area contributed by atoms with Gasteiger partial charge >= 0.3 is 0 Å². The van der Waals surface area contributed by atoms with Gasteiger partial charge in [0.1, 0.15) is 10.8 Å². The van der Waals surface area contributed by atoms with Gasteiger partial charge in [-0.25, -0.2) is 9.37 Å². The third-order valence-corrected chi connectivity index (χ3v) is 5.37. The highest BCUT2D eigenvalue weighted by Crippen LogP contribution is 2.31. The standard InChI is InChI=1S/C22H18FN3OS/c23-17-8-6-16(7-9-17)19-12-24-13-20(19)22-26-18(14-28-22)10-21(27)25-11-15-4-2-1-3-5-15/h1-9,13-14H,10-12H2,(H,25,27). The molecule has 1 aromatic heterocycles. The van der Waals surface area contributed by atoms with Crippen molar-refractivity contribution in [2.24, 2.45) is 4.99 Å². The van der Waals surface area contributed by atoms with E-state index in [0.29, 0.717) is 13.1 Å². The zero-order valence-electron chi connectivity index (χ0n) is 15.1. The van der Waals surface area contributed by atoms with Gasteiger partial charge in [-0.3, -0.25) is 9.79 Å². The fraction of sp³-hybridized carbons (Fsp3) is 0.136. The van der Waals surface area contributed by atoms with E-state index in [1.54, 1.807) is 18.3 Å². The Labute approximate surface area is 166 Å². The normalized spacial score (nSPS) is 13.2. The average Bonchev–Trinajstić information content (AvgIpc) is 3.37. The highest BCUT2D eigenvalue weighted by atomic mass is 32.1. The van der Waals surface area contributed by atoms with Gasteiger partial charge in [0.25, 0.3) is 0 Å².